The van der Waals surface area contributed by atoms with Crippen molar-refractivity contribution < 1.29 is 4.79 Å². The highest BCUT2D eigenvalue weighted by Gasteiger charge is 2.24. The lowest BCUT2D eigenvalue weighted by Gasteiger charge is -2.15. The van der Waals surface area contributed by atoms with E-state index in [1.807, 2.05) is 43.4 Å². The molecule has 1 aliphatic rings. The van der Waals surface area contributed by atoms with Crippen LogP contribution in [0.15, 0.2) is 82.7 Å². The molecule has 3 heteroatoms. The van der Waals surface area contributed by atoms with Gasteiger partial charge in [-0.1, -0.05) is 72.4 Å². The van der Waals surface area contributed by atoms with E-state index in [1.165, 1.54) is 21.4 Å². The normalized spacial score (nSPS) is 15.2. The monoisotopic (exact) mass is 317 g/mol. The van der Waals surface area contributed by atoms with E-state index in [9.17, 15) is 4.79 Å². The number of rotatable bonds is 2. The standard InChI is InChI=1S/C20H15NOS/c1-21-19(13-17(22)15-8-3-2-4-9-15)23-18-12-11-14-7-5-6-10-16(14)20(18)21/h2-13H,1H3. The zero-order valence-electron chi connectivity index (χ0n) is 12.7. The van der Waals surface area contributed by atoms with Crippen molar-refractivity contribution in [2.45, 2.75) is 4.90 Å². The van der Waals surface area contributed by atoms with Crippen LogP contribution in [0.1, 0.15) is 10.4 Å². The predicted molar refractivity (Wildman–Crippen MR) is 97.1 cm³/mol. The van der Waals surface area contributed by atoms with Gasteiger partial charge < -0.3 is 4.90 Å². The summed E-state index contributed by atoms with van der Waals surface area (Å²) in [5.41, 5.74) is 1.90. The van der Waals surface area contributed by atoms with Crippen LogP contribution in [0.25, 0.3) is 10.8 Å². The van der Waals surface area contributed by atoms with Crippen LogP contribution < -0.4 is 4.90 Å². The van der Waals surface area contributed by atoms with Crippen molar-refractivity contribution in [3.63, 3.8) is 0 Å². The van der Waals surface area contributed by atoms with E-state index in [-0.39, 0.29) is 5.78 Å². The van der Waals surface area contributed by atoms with Crippen molar-refractivity contribution >= 4 is 34.0 Å². The van der Waals surface area contributed by atoms with Gasteiger partial charge in [0.05, 0.1) is 10.7 Å². The number of nitrogens with zero attached hydrogens (tertiary/aromatic N) is 1. The number of hydrogen-bond donors (Lipinski definition) is 0. The van der Waals surface area contributed by atoms with Crippen molar-refractivity contribution in [3.05, 3.63) is 83.4 Å². The van der Waals surface area contributed by atoms with Crippen LogP contribution >= 0.6 is 11.8 Å². The van der Waals surface area contributed by atoms with E-state index >= 15 is 0 Å². The van der Waals surface area contributed by atoms with Crippen LogP contribution in [0, 0.1) is 0 Å². The van der Waals surface area contributed by atoms with E-state index in [4.69, 9.17) is 0 Å². The van der Waals surface area contributed by atoms with Gasteiger partial charge in [-0.25, -0.2) is 0 Å². The summed E-state index contributed by atoms with van der Waals surface area (Å²) in [4.78, 5) is 15.8. The van der Waals surface area contributed by atoms with Crippen LogP contribution in [0.2, 0.25) is 0 Å². The largest absolute Gasteiger partial charge is 0.338 e. The maximum Gasteiger partial charge on any atom is 0.188 e. The number of benzene rings is 3. The summed E-state index contributed by atoms with van der Waals surface area (Å²) in [7, 11) is 2.02. The molecule has 0 atom stereocenters. The topological polar surface area (TPSA) is 20.3 Å². The highest BCUT2D eigenvalue weighted by Crippen LogP contribution is 2.48. The summed E-state index contributed by atoms with van der Waals surface area (Å²) in [5.74, 6) is 0.0389. The molecule has 112 valence electrons. The van der Waals surface area contributed by atoms with Crippen LogP contribution in [-0.4, -0.2) is 12.8 Å². The summed E-state index contributed by atoms with van der Waals surface area (Å²) in [6.07, 6.45) is 1.73. The molecule has 0 N–H and O–H groups in total. The van der Waals surface area contributed by atoms with Gasteiger partial charge in [0.15, 0.2) is 5.78 Å². The van der Waals surface area contributed by atoms with Crippen LogP contribution in [0.3, 0.4) is 0 Å². The summed E-state index contributed by atoms with van der Waals surface area (Å²) >= 11 is 1.65. The second-order valence-corrected chi connectivity index (χ2v) is 6.57. The molecule has 3 aromatic carbocycles. The third-order valence-electron chi connectivity index (χ3n) is 4.06. The Labute approximate surface area is 139 Å². The fourth-order valence-electron chi connectivity index (χ4n) is 2.88. The second-order valence-electron chi connectivity index (χ2n) is 5.51. The molecule has 0 radical (unpaired) electrons. The van der Waals surface area contributed by atoms with Gasteiger partial charge in [-0.3, -0.25) is 4.79 Å². The first-order chi connectivity index (χ1) is 11.2. The first-order valence-electron chi connectivity index (χ1n) is 7.48. The molecule has 0 saturated carbocycles. The minimum absolute atomic E-state index is 0.0389. The van der Waals surface area contributed by atoms with Crippen molar-refractivity contribution in [3.8, 4) is 0 Å². The van der Waals surface area contributed by atoms with Gasteiger partial charge >= 0.3 is 0 Å². The Morgan fingerprint density at radius 3 is 2.52 bits per heavy atom. The molecule has 0 unspecified atom stereocenters. The predicted octanol–water partition coefficient (Wildman–Crippen LogP) is 5.11. The summed E-state index contributed by atoms with van der Waals surface area (Å²) in [6, 6.07) is 22.0. The maximum atomic E-state index is 12.4. The number of carbonyl (C=O) groups excluding carboxylic acids is 1. The Kier molecular flexibility index (Phi) is 3.43. The van der Waals surface area contributed by atoms with E-state index in [2.05, 4.69) is 35.2 Å². The SMILES string of the molecule is CN1C(=CC(=O)c2ccccc2)Sc2ccc3ccccc3c21. The molecule has 0 saturated heterocycles. The van der Waals surface area contributed by atoms with E-state index in [1.54, 1.807) is 17.8 Å². The van der Waals surface area contributed by atoms with Gasteiger partial charge in [0.2, 0.25) is 0 Å². The fourth-order valence-corrected chi connectivity index (χ4v) is 3.98. The number of thioether (sulfide) groups is 1. The third-order valence-corrected chi connectivity index (χ3v) is 5.21. The van der Waals surface area contributed by atoms with Crippen molar-refractivity contribution in [2.75, 3.05) is 11.9 Å². The highest BCUT2D eigenvalue weighted by molar-refractivity contribution is 8.03. The molecule has 2 nitrogen and oxygen atoms in total. The van der Waals surface area contributed by atoms with E-state index in [0.29, 0.717) is 0 Å². The molecular weight excluding hydrogens is 302 g/mol. The van der Waals surface area contributed by atoms with E-state index < -0.39 is 0 Å². The highest BCUT2D eigenvalue weighted by atomic mass is 32.2. The zero-order valence-corrected chi connectivity index (χ0v) is 13.5. The average molecular weight is 317 g/mol. The molecule has 0 fully saturated rings. The van der Waals surface area contributed by atoms with Gasteiger partial charge in [0.25, 0.3) is 0 Å². The lowest BCUT2D eigenvalue weighted by atomic mass is 10.1. The molecule has 3 aromatic rings. The Bertz CT molecular complexity index is 931. The number of fused-ring (bicyclic) bond motifs is 3. The maximum absolute atomic E-state index is 12.4. The smallest absolute Gasteiger partial charge is 0.188 e. The molecule has 23 heavy (non-hydrogen) atoms. The molecule has 0 amide bonds. The minimum atomic E-state index is 0.0389. The summed E-state index contributed by atoms with van der Waals surface area (Å²) < 4.78 is 0. The van der Waals surface area contributed by atoms with Gasteiger partial charge in [0, 0.05) is 29.0 Å². The van der Waals surface area contributed by atoms with Gasteiger partial charge in [-0.15, -0.1) is 0 Å². The lowest BCUT2D eigenvalue weighted by Crippen LogP contribution is -2.11. The Hall–Kier alpha value is -2.52. The average Bonchev–Trinajstić information content (AvgIpc) is 2.92. The van der Waals surface area contributed by atoms with Crippen molar-refractivity contribution in [2.24, 2.45) is 0 Å². The quantitative estimate of drug-likeness (QED) is 0.484. The summed E-state index contributed by atoms with van der Waals surface area (Å²) in [6.45, 7) is 0. The molecular formula is C20H15NOS. The Balaban J connectivity index is 1.75. The molecule has 0 bridgehead atoms. The molecule has 1 heterocycles. The summed E-state index contributed by atoms with van der Waals surface area (Å²) in [5, 5.41) is 3.40. The molecule has 1 aliphatic heterocycles. The number of hydrogen-bond acceptors (Lipinski definition) is 3. The molecule has 4 rings (SSSR count). The molecule has 0 aromatic heterocycles. The first-order valence-corrected chi connectivity index (χ1v) is 8.30. The van der Waals surface area contributed by atoms with Crippen molar-refractivity contribution in [1.82, 2.24) is 0 Å². The molecule has 0 aliphatic carbocycles. The molecule has 0 spiro atoms. The number of anilines is 1. The minimum Gasteiger partial charge on any atom is -0.338 e. The van der Waals surface area contributed by atoms with Crippen LogP contribution in [0.4, 0.5) is 5.69 Å². The number of carbonyl (C=O) groups is 1. The Morgan fingerprint density at radius 2 is 1.70 bits per heavy atom. The number of allylic oxidation sites excluding steroid dienone is 1. The number of ketones is 1. The second kappa shape index (κ2) is 5.60. The van der Waals surface area contributed by atoms with Crippen LogP contribution in [-0.2, 0) is 0 Å². The zero-order chi connectivity index (χ0) is 15.8. The Morgan fingerprint density at radius 1 is 0.957 bits per heavy atom. The van der Waals surface area contributed by atoms with Gasteiger partial charge in [-0.05, 0) is 11.5 Å². The lowest BCUT2D eigenvalue weighted by molar-refractivity contribution is 0.104. The first kappa shape index (κ1) is 14.1. The fraction of sp³-hybridized carbons (Fsp3) is 0.0500. The van der Waals surface area contributed by atoms with Gasteiger partial charge in [-0.2, -0.15) is 0 Å². The van der Waals surface area contributed by atoms with E-state index in [0.717, 1.165) is 10.6 Å². The van der Waals surface area contributed by atoms with Crippen LogP contribution in [0.5, 0.6) is 0 Å². The van der Waals surface area contributed by atoms with Gasteiger partial charge in [0.1, 0.15) is 0 Å². The third kappa shape index (κ3) is 2.43. The van der Waals surface area contributed by atoms with Crippen molar-refractivity contribution in [1.29, 1.82) is 0 Å².